The Hall–Kier alpha value is -3.98. The molecule has 0 saturated carbocycles. The first-order chi connectivity index (χ1) is 21.1. The van der Waals surface area contributed by atoms with E-state index in [1.807, 2.05) is 39.8 Å². The van der Waals surface area contributed by atoms with E-state index in [-0.39, 0.29) is 28.4 Å². The van der Waals surface area contributed by atoms with Crippen LogP contribution >= 0.6 is 0 Å². The maximum absolute atomic E-state index is 15.6. The summed E-state index contributed by atoms with van der Waals surface area (Å²) in [6.07, 6.45) is 4.12. The highest BCUT2D eigenvalue weighted by Gasteiger charge is 2.25. The van der Waals surface area contributed by atoms with Gasteiger partial charge in [0, 0.05) is 30.9 Å². The molecule has 45 heavy (non-hydrogen) atoms. The van der Waals surface area contributed by atoms with Crippen molar-refractivity contribution in [2.45, 2.75) is 79.2 Å². The van der Waals surface area contributed by atoms with Crippen LogP contribution in [-0.2, 0) is 16.0 Å². The quantitative estimate of drug-likeness (QED) is 0.208. The van der Waals surface area contributed by atoms with E-state index in [2.05, 4.69) is 4.99 Å². The number of likely N-dealkylation sites (N-methyl/N-ethyl adjacent to an activating group) is 1. The molecule has 0 fully saturated rings. The molecule has 0 aliphatic carbocycles. The number of aliphatic imine (C=N–C) groups is 1. The van der Waals surface area contributed by atoms with Gasteiger partial charge in [-0.3, -0.25) is 14.4 Å². The monoisotopic (exact) mass is 621 g/mol. The Bertz CT molecular complexity index is 1620. The summed E-state index contributed by atoms with van der Waals surface area (Å²) in [5.41, 5.74) is 4.47. The minimum absolute atomic E-state index is 0.0734. The van der Waals surface area contributed by atoms with E-state index in [1.165, 1.54) is 29.0 Å². The number of benzene rings is 2. The highest BCUT2D eigenvalue weighted by molar-refractivity contribution is 5.91. The third kappa shape index (κ3) is 9.26. The molecule has 0 spiro atoms. The summed E-state index contributed by atoms with van der Waals surface area (Å²) < 4.78 is 31.1. The molecule has 2 aromatic carbocycles. The molecule has 242 valence electrons. The van der Waals surface area contributed by atoms with E-state index in [9.17, 15) is 23.9 Å². The molecule has 1 aromatic heterocycles. The fraction of sp³-hybridized carbons (Fsp3) is 0.444. The molecule has 0 saturated heterocycles. The van der Waals surface area contributed by atoms with E-state index in [0.29, 0.717) is 36.0 Å². The summed E-state index contributed by atoms with van der Waals surface area (Å²) in [6, 6.07) is 6.62. The molecule has 0 radical (unpaired) electrons. The van der Waals surface area contributed by atoms with Gasteiger partial charge in [-0.2, -0.15) is 0 Å². The molecule has 3 aromatic rings. The minimum Gasteiger partial charge on any atom is -0.481 e. The van der Waals surface area contributed by atoms with Gasteiger partial charge < -0.3 is 14.6 Å². The second kappa shape index (κ2) is 15.3. The normalized spacial score (nSPS) is 13.2. The molecular formula is C36H45F2N3O4. The number of aryl methyl sites for hydroxylation is 4. The Labute approximate surface area is 264 Å². The Morgan fingerprint density at radius 3 is 2.18 bits per heavy atom. The van der Waals surface area contributed by atoms with Crippen molar-refractivity contribution in [3.8, 4) is 11.1 Å². The number of carboxylic acid groups (broad SMARTS) is 1. The number of nitrogens with zero attached hydrogens (tertiary/aromatic N) is 3. The minimum atomic E-state index is -1.19. The molecular weight excluding hydrogens is 576 g/mol. The lowest BCUT2D eigenvalue weighted by atomic mass is 9.88. The zero-order valence-electron chi connectivity index (χ0n) is 27.6. The number of aliphatic carboxylic acids is 1. The van der Waals surface area contributed by atoms with Crippen LogP contribution in [0, 0.1) is 45.2 Å². The highest BCUT2D eigenvalue weighted by atomic mass is 19.1. The van der Waals surface area contributed by atoms with Crippen LogP contribution in [0.5, 0.6) is 0 Å². The van der Waals surface area contributed by atoms with Crippen LogP contribution in [-0.4, -0.2) is 53.3 Å². The lowest BCUT2D eigenvalue weighted by molar-refractivity contribution is -0.137. The van der Waals surface area contributed by atoms with Crippen LogP contribution in [0.25, 0.3) is 11.1 Å². The van der Waals surface area contributed by atoms with Crippen molar-refractivity contribution in [2.75, 3.05) is 20.6 Å². The van der Waals surface area contributed by atoms with Crippen LogP contribution in [0.15, 0.2) is 46.3 Å². The molecule has 9 heteroatoms. The number of halogens is 2. The second-order valence-electron chi connectivity index (χ2n) is 12.7. The Kier molecular flexibility index (Phi) is 12.1. The number of carbonyl (C=O) groups excluding carboxylic acids is 1. The average molecular weight is 622 g/mol. The second-order valence-corrected chi connectivity index (χ2v) is 12.7. The molecule has 0 bridgehead atoms. The number of rotatable bonds is 13. The van der Waals surface area contributed by atoms with Gasteiger partial charge >= 0.3 is 5.97 Å². The fourth-order valence-electron chi connectivity index (χ4n) is 5.67. The summed E-state index contributed by atoms with van der Waals surface area (Å²) in [7, 11) is 3.93. The standard InChI is InChI=1S/C36H45F2N3O4/c1-21(2)9-10-31(41-20-26(11-12-40(7)8)22(3)16-32(41)42)36(45)39-19-28(18-33(43)44)30-17-27(13-25(6)35(30)38)34-23(4)14-29(37)15-24(34)5/h13-17,19-21,28,31H,9-12,18H2,1-8H3,(H,43,44). The number of hydrogen-bond donors (Lipinski definition) is 1. The third-order valence-corrected chi connectivity index (χ3v) is 8.11. The van der Waals surface area contributed by atoms with Crippen molar-refractivity contribution in [3.05, 3.63) is 91.9 Å². The molecule has 1 amide bonds. The third-order valence-electron chi connectivity index (χ3n) is 8.11. The summed E-state index contributed by atoms with van der Waals surface area (Å²) in [5, 5.41) is 9.73. The van der Waals surface area contributed by atoms with Crippen molar-refractivity contribution in [2.24, 2.45) is 10.9 Å². The van der Waals surface area contributed by atoms with Crippen molar-refractivity contribution < 1.29 is 23.5 Å². The highest BCUT2D eigenvalue weighted by Crippen LogP contribution is 2.34. The molecule has 2 unspecified atom stereocenters. The number of pyridine rings is 1. The predicted octanol–water partition coefficient (Wildman–Crippen LogP) is 6.96. The summed E-state index contributed by atoms with van der Waals surface area (Å²) in [5.74, 6) is -3.58. The maximum atomic E-state index is 15.6. The van der Waals surface area contributed by atoms with Gasteiger partial charge in [0.2, 0.25) is 0 Å². The predicted molar refractivity (Wildman–Crippen MR) is 175 cm³/mol. The number of hydrogen-bond acceptors (Lipinski definition) is 4. The van der Waals surface area contributed by atoms with Crippen molar-refractivity contribution in [3.63, 3.8) is 0 Å². The number of amides is 1. The lowest BCUT2D eigenvalue weighted by Crippen LogP contribution is -2.30. The van der Waals surface area contributed by atoms with Crippen molar-refractivity contribution in [1.29, 1.82) is 0 Å². The zero-order valence-corrected chi connectivity index (χ0v) is 27.6. The smallest absolute Gasteiger partial charge is 0.304 e. The first-order valence-corrected chi connectivity index (χ1v) is 15.3. The van der Waals surface area contributed by atoms with E-state index in [4.69, 9.17) is 0 Å². The van der Waals surface area contributed by atoms with Gasteiger partial charge in [-0.15, -0.1) is 0 Å². The van der Waals surface area contributed by atoms with Crippen molar-refractivity contribution >= 4 is 18.1 Å². The maximum Gasteiger partial charge on any atom is 0.304 e. The van der Waals surface area contributed by atoms with Gasteiger partial charge in [0.1, 0.15) is 17.7 Å². The molecule has 1 heterocycles. The van der Waals surface area contributed by atoms with Gasteiger partial charge in [0.15, 0.2) is 0 Å². The number of carboxylic acids is 1. The molecule has 0 aliphatic heterocycles. The van der Waals surface area contributed by atoms with E-state index in [0.717, 1.165) is 23.2 Å². The van der Waals surface area contributed by atoms with Crippen LogP contribution in [0.4, 0.5) is 8.78 Å². The van der Waals surface area contributed by atoms with Gasteiger partial charge in [-0.1, -0.05) is 13.8 Å². The number of aromatic nitrogens is 1. The first kappa shape index (κ1) is 35.5. The Morgan fingerprint density at radius 1 is 0.956 bits per heavy atom. The van der Waals surface area contributed by atoms with Crippen molar-refractivity contribution in [1.82, 2.24) is 9.47 Å². The van der Waals surface area contributed by atoms with Gasteiger partial charge in [0.25, 0.3) is 11.5 Å². The van der Waals surface area contributed by atoms with Crippen LogP contribution in [0.2, 0.25) is 0 Å². The SMILES string of the molecule is Cc1cc(=O)n(C(CCC(C)C)C(=O)N=CC(CC(=O)O)c2cc(-c3c(C)cc(F)cc3C)cc(C)c2F)cc1CCN(C)C. The molecule has 7 nitrogen and oxygen atoms in total. The molecule has 3 rings (SSSR count). The van der Waals surface area contributed by atoms with Gasteiger partial charge in [-0.25, -0.2) is 13.8 Å². The lowest BCUT2D eigenvalue weighted by Gasteiger charge is -2.21. The van der Waals surface area contributed by atoms with Gasteiger partial charge in [0.05, 0.1) is 6.42 Å². The fourth-order valence-corrected chi connectivity index (χ4v) is 5.67. The zero-order chi connectivity index (χ0) is 33.6. The largest absolute Gasteiger partial charge is 0.481 e. The summed E-state index contributed by atoms with van der Waals surface area (Å²) in [4.78, 5) is 45.0. The van der Waals surface area contributed by atoms with Crippen LogP contribution in [0.1, 0.15) is 78.5 Å². The molecule has 2 atom stereocenters. The van der Waals surface area contributed by atoms with E-state index < -0.39 is 36.1 Å². The average Bonchev–Trinajstić information content (AvgIpc) is 2.92. The Balaban J connectivity index is 2.09. The Morgan fingerprint density at radius 2 is 1.60 bits per heavy atom. The molecule has 1 N–H and O–H groups in total. The van der Waals surface area contributed by atoms with E-state index >= 15 is 4.39 Å². The molecule has 0 aliphatic rings. The van der Waals surface area contributed by atoms with Gasteiger partial charge in [-0.05, 0) is 136 Å². The first-order valence-electron chi connectivity index (χ1n) is 15.3. The van der Waals surface area contributed by atoms with E-state index in [1.54, 1.807) is 39.1 Å². The summed E-state index contributed by atoms with van der Waals surface area (Å²) >= 11 is 0. The topological polar surface area (TPSA) is 92.0 Å². The van der Waals surface area contributed by atoms with Crippen LogP contribution < -0.4 is 5.56 Å². The summed E-state index contributed by atoms with van der Waals surface area (Å²) in [6.45, 7) is 11.8. The van der Waals surface area contributed by atoms with Crippen LogP contribution in [0.3, 0.4) is 0 Å². The number of carbonyl (C=O) groups is 2.